The highest BCUT2D eigenvalue weighted by Gasteiger charge is 2.13. The van der Waals surface area contributed by atoms with Crippen LogP contribution in [-0.2, 0) is 6.42 Å². The quantitative estimate of drug-likeness (QED) is 0.875. The molecule has 0 aliphatic carbocycles. The summed E-state index contributed by atoms with van der Waals surface area (Å²) in [7, 11) is 0. The Balaban J connectivity index is 2.42. The van der Waals surface area contributed by atoms with E-state index in [1.165, 1.54) is 0 Å². The molecule has 0 saturated heterocycles. The molecule has 2 aromatic rings. The van der Waals surface area contributed by atoms with Crippen molar-refractivity contribution in [3.63, 3.8) is 0 Å². The van der Waals surface area contributed by atoms with Crippen LogP contribution in [0.3, 0.4) is 0 Å². The molecule has 0 spiro atoms. The van der Waals surface area contributed by atoms with E-state index in [1.54, 1.807) is 18.2 Å². The third-order valence-corrected chi connectivity index (χ3v) is 3.49. The van der Waals surface area contributed by atoms with Gasteiger partial charge in [-0.1, -0.05) is 26.8 Å². The molecule has 0 saturated carbocycles. The summed E-state index contributed by atoms with van der Waals surface area (Å²) in [6, 6.07) is 6.71. The molecule has 1 aromatic heterocycles. The Morgan fingerprint density at radius 1 is 1.32 bits per heavy atom. The van der Waals surface area contributed by atoms with Crippen molar-refractivity contribution in [1.29, 1.82) is 0 Å². The summed E-state index contributed by atoms with van der Waals surface area (Å²) in [5, 5.41) is 12.3. The number of hydrogen-bond donors (Lipinski definition) is 2. The number of carbonyl (C=O) groups is 1. The highest BCUT2D eigenvalue weighted by molar-refractivity contribution is 5.89. The lowest BCUT2D eigenvalue weighted by Gasteiger charge is -2.15. The van der Waals surface area contributed by atoms with Crippen molar-refractivity contribution < 1.29 is 9.90 Å². The number of benzene rings is 1. The van der Waals surface area contributed by atoms with Crippen molar-refractivity contribution in [3.8, 4) is 0 Å². The molecule has 22 heavy (non-hydrogen) atoms. The van der Waals surface area contributed by atoms with Crippen LogP contribution in [0.1, 0.15) is 54.1 Å². The van der Waals surface area contributed by atoms with Gasteiger partial charge in [-0.15, -0.1) is 0 Å². The van der Waals surface area contributed by atoms with E-state index in [-0.39, 0.29) is 11.5 Å². The summed E-state index contributed by atoms with van der Waals surface area (Å²) < 4.78 is 0. The largest absolute Gasteiger partial charge is 0.478 e. The zero-order valence-corrected chi connectivity index (χ0v) is 13.3. The number of nitrogens with zero attached hydrogens (tertiary/aromatic N) is 2. The van der Waals surface area contributed by atoms with Crippen molar-refractivity contribution >= 4 is 17.5 Å². The summed E-state index contributed by atoms with van der Waals surface area (Å²) in [5.41, 5.74) is 2.96. The van der Waals surface area contributed by atoms with E-state index in [0.717, 1.165) is 29.3 Å². The summed E-state index contributed by atoms with van der Waals surface area (Å²) in [5.74, 6) is 0.814. The Kier molecular flexibility index (Phi) is 4.75. The molecule has 1 aromatic carbocycles. The van der Waals surface area contributed by atoms with Gasteiger partial charge in [-0.3, -0.25) is 0 Å². The maximum atomic E-state index is 11.1. The molecular formula is C17H21N3O2. The molecule has 0 aliphatic rings. The van der Waals surface area contributed by atoms with Gasteiger partial charge in [0.15, 0.2) is 0 Å². The van der Waals surface area contributed by atoms with Crippen LogP contribution < -0.4 is 5.32 Å². The molecule has 0 fully saturated rings. The van der Waals surface area contributed by atoms with E-state index in [2.05, 4.69) is 36.1 Å². The van der Waals surface area contributed by atoms with Crippen LogP contribution in [0.5, 0.6) is 0 Å². The second kappa shape index (κ2) is 6.56. The fraction of sp³-hybridized carbons (Fsp3) is 0.353. The number of aromatic carboxylic acids is 1. The molecule has 5 heteroatoms. The SMILES string of the molecule is CCc1nc(C(C)C)nc(Nc2cccc(C(=O)O)c2)c1C. The molecule has 1 heterocycles. The molecule has 2 rings (SSSR count). The smallest absolute Gasteiger partial charge is 0.335 e. The monoisotopic (exact) mass is 299 g/mol. The van der Waals surface area contributed by atoms with Crippen LogP contribution in [0.4, 0.5) is 11.5 Å². The summed E-state index contributed by atoms with van der Waals surface area (Å²) in [4.78, 5) is 20.2. The first-order valence-electron chi connectivity index (χ1n) is 7.40. The Hall–Kier alpha value is -2.43. The fourth-order valence-electron chi connectivity index (χ4n) is 2.17. The molecule has 5 nitrogen and oxygen atoms in total. The maximum absolute atomic E-state index is 11.1. The van der Waals surface area contributed by atoms with Crippen LogP contribution in [0.25, 0.3) is 0 Å². The van der Waals surface area contributed by atoms with Crippen molar-refractivity contribution in [1.82, 2.24) is 9.97 Å². The zero-order chi connectivity index (χ0) is 16.3. The van der Waals surface area contributed by atoms with E-state index in [1.807, 2.05) is 13.0 Å². The minimum atomic E-state index is -0.944. The van der Waals surface area contributed by atoms with Gasteiger partial charge in [0, 0.05) is 22.9 Å². The molecule has 0 unspecified atom stereocenters. The highest BCUT2D eigenvalue weighted by atomic mass is 16.4. The van der Waals surface area contributed by atoms with Gasteiger partial charge >= 0.3 is 5.97 Å². The van der Waals surface area contributed by atoms with Gasteiger partial charge in [-0.25, -0.2) is 14.8 Å². The second-order valence-electron chi connectivity index (χ2n) is 5.52. The fourth-order valence-corrected chi connectivity index (χ4v) is 2.17. The van der Waals surface area contributed by atoms with Crippen molar-refractivity contribution in [2.75, 3.05) is 5.32 Å². The average Bonchev–Trinajstić information content (AvgIpc) is 2.49. The van der Waals surface area contributed by atoms with E-state index in [9.17, 15) is 4.79 Å². The van der Waals surface area contributed by atoms with Gasteiger partial charge in [0.1, 0.15) is 11.6 Å². The van der Waals surface area contributed by atoms with Gasteiger partial charge in [-0.05, 0) is 31.5 Å². The predicted molar refractivity (Wildman–Crippen MR) is 86.9 cm³/mol. The minimum Gasteiger partial charge on any atom is -0.478 e. The number of carboxylic acid groups (broad SMARTS) is 1. The lowest BCUT2D eigenvalue weighted by Crippen LogP contribution is -2.08. The maximum Gasteiger partial charge on any atom is 0.335 e. The molecule has 0 bridgehead atoms. The third kappa shape index (κ3) is 3.42. The summed E-state index contributed by atoms with van der Waals surface area (Å²) >= 11 is 0. The molecule has 116 valence electrons. The van der Waals surface area contributed by atoms with E-state index in [4.69, 9.17) is 5.11 Å². The number of rotatable bonds is 5. The van der Waals surface area contributed by atoms with E-state index < -0.39 is 5.97 Å². The third-order valence-electron chi connectivity index (χ3n) is 3.49. The molecule has 2 N–H and O–H groups in total. The van der Waals surface area contributed by atoms with Gasteiger partial charge in [-0.2, -0.15) is 0 Å². The van der Waals surface area contributed by atoms with E-state index in [0.29, 0.717) is 5.69 Å². The van der Waals surface area contributed by atoms with Gasteiger partial charge < -0.3 is 10.4 Å². The van der Waals surface area contributed by atoms with Gasteiger partial charge in [0.25, 0.3) is 0 Å². The Morgan fingerprint density at radius 3 is 2.64 bits per heavy atom. The molecule has 0 aliphatic heterocycles. The van der Waals surface area contributed by atoms with Crippen molar-refractivity contribution in [2.45, 2.75) is 40.0 Å². The number of aryl methyl sites for hydroxylation is 1. The van der Waals surface area contributed by atoms with Crippen LogP contribution in [0.15, 0.2) is 24.3 Å². The molecular weight excluding hydrogens is 278 g/mol. The number of anilines is 2. The topological polar surface area (TPSA) is 75.1 Å². The van der Waals surface area contributed by atoms with Crippen molar-refractivity contribution in [2.24, 2.45) is 0 Å². The first kappa shape index (κ1) is 15.9. The lowest BCUT2D eigenvalue weighted by atomic mass is 10.1. The molecule has 0 atom stereocenters. The Morgan fingerprint density at radius 2 is 2.05 bits per heavy atom. The summed E-state index contributed by atoms with van der Waals surface area (Å²) in [6.07, 6.45) is 0.831. The average molecular weight is 299 g/mol. The van der Waals surface area contributed by atoms with Crippen LogP contribution >= 0.6 is 0 Å². The zero-order valence-electron chi connectivity index (χ0n) is 13.3. The van der Waals surface area contributed by atoms with E-state index >= 15 is 0 Å². The first-order chi connectivity index (χ1) is 10.4. The highest BCUT2D eigenvalue weighted by Crippen LogP contribution is 2.24. The Bertz CT molecular complexity index is 696. The molecule has 0 radical (unpaired) electrons. The van der Waals surface area contributed by atoms with Crippen LogP contribution in [0.2, 0.25) is 0 Å². The minimum absolute atomic E-state index is 0.233. The normalized spacial score (nSPS) is 10.8. The summed E-state index contributed by atoms with van der Waals surface area (Å²) in [6.45, 7) is 8.15. The number of hydrogen-bond acceptors (Lipinski definition) is 4. The molecule has 0 amide bonds. The predicted octanol–water partition coefficient (Wildman–Crippen LogP) is 3.91. The van der Waals surface area contributed by atoms with Crippen LogP contribution in [0, 0.1) is 6.92 Å². The lowest BCUT2D eigenvalue weighted by molar-refractivity contribution is 0.0697. The van der Waals surface area contributed by atoms with Gasteiger partial charge in [0.05, 0.1) is 5.56 Å². The number of carboxylic acids is 1. The first-order valence-corrected chi connectivity index (χ1v) is 7.40. The second-order valence-corrected chi connectivity index (χ2v) is 5.52. The standard InChI is InChI=1S/C17H21N3O2/c1-5-14-11(4)16(20-15(19-14)10(2)3)18-13-8-6-7-12(9-13)17(21)22/h6-10H,5H2,1-4H3,(H,21,22)(H,18,19,20). The van der Waals surface area contributed by atoms with Crippen molar-refractivity contribution in [3.05, 3.63) is 46.9 Å². The van der Waals surface area contributed by atoms with Gasteiger partial charge in [0.2, 0.25) is 0 Å². The Labute approximate surface area is 130 Å². The van der Waals surface area contributed by atoms with Crippen LogP contribution in [-0.4, -0.2) is 21.0 Å². The number of nitrogens with one attached hydrogen (secondary N) is 1. The number of aromatic nitrogens is 2.